The third kappa shape index (κ3) is 6.42. The second kappa shape index (κ2) is 7.33. The number of hydrogen-bond acceptors (Lipinski definition) is 4. The van der Waals surface area contributed by atoms with Crippen LogP contribution >= 0.6 is 0 Å². The van der Waals surface area contributed by atoms with Gasteiger partial charge in [-0.25, -0.2) is 4.79 Å². The van der Waals surface area contributed by atoms with Crippen LogP contribution in [0.1, 0.15) is 41.0 Å². The number of amides is 1. The number of carbonyl (C=O) groups is 2. The van der Waals surface area contributed by atoms with E-state index in [1.807, 2.05) is 0 Å². The zero-order valence-corrected chi connectivity index (χ0v) is 12.4. The Balaban J connectivity index is 4.57. The summed E-state index contributed by atoms with van der Waals surface area (Å²) in [6.07, 6.45) is -0.263. The van der Waals surface area contributed by atoms with Gasteiger partial charge in [-0.2, -0.15) is 0 Å². The van der Waals surface area contributed by atoms with Crippen molar-refractivity contribution in [1.29, 1.82) is 0 Å². The highest BCUT2D eigenvalue weighted by Gasteiger charge is 2.38. The van der Waals surface area contributed by atoms with Gasteiger partial charge in [0.25, 0.3) is 0 Å². The molecule has 0 aliphatic carbocycles. The maximum Gasteiger partial charge on any atom is 0.407 e. The summed E-state index contributed by atoms with van der Waals surface area (Å²) < 4.78 is 10.3. The Kier molecular flexibility index (Phi) is 6.83. The van der Waals surface area contributed by atoms with E-state index in [1.165, 1.54) is 0 Å². The van der Waals surface area contributed by atoms with Gasteiger partial charge in [0.1, 0.15) is 11.0 Å². The number of aliphatic carboxylic acids is 1. The average molecular weight is 275 g/mol. The van der Waals surface area contributed by atoms with Crippen LogP contribution in [-0.2, 0) is 14.3 Å². The second-order valence-corrected chi connectivity index (χ2v) is 5.43. The van der Waals surface area contributed by atoms with Crippen LogP contribution in [0.25, 0.3) is 0 Å². The van der Waals surface area contributed by atoms with E-state index in [1.54, 1.807) is 34.6 Å². The molecule has 1 amide bonds. The third-order valence-electron chi connectivity index (χ3n) is 2.68. The first-order valence-corrected chi connectivity index (χ1v) is 6.45. The minimum atomic E-state index is -1.12. The number of hydrogen-bond donors (Lipinski definition) is 2. The lowest BCUT2D eigenvalue weighted by molar-refractivity contribution is -0.152. The summed E-state index contributed by atoms with van der Waals surface area (Å²) in [5.41, 5.74) is -1.73. The van der Waals surface area contributed by atoms with E-state index in [4.69, 9.17) is 9.47 Å². The van der Waals surface area contributed by atoms with Gasteiger partial charge < -0.3 is 19.9 Å². The molecule has 2 N–H and O–H groups in total. The van der Waals surface area contributed by atoms with E-state index in [0.29, 0.717) is 13.0 Å². The molecule has 0 rings (SSSR count). The summed E-state index contributed by atoms with van der Waals surface area (Å²) in [6, 6.07) is 0. The van der Waals surface area contributed by atoms with Crippen LogP contribution in [0, 0.1) is 5.41 Å². The lowest BCUT2D eigenvalue weighted by Gasteiger charge is -2.28. The van der Waals surface area contributed by atoms with Crippen LogP contribution in [0.15, 0.2) is 0 Å². The topological polar surface area (TPSA) is 84.9 Å². The monoisotopic (exact) mass is 275 g/mol. The van der Waals surface area contributed by atoms with Crippen LogP contribution in [-0.4, -0.2) is 42.5 Å². The number of carboxylic acids is 1. The van der Waals surface area contributed by atoms with Gasteiger partial charge in [-0.1, -0.05) is 6.92 Å². The molecular weight excluding hydrogens is 250 g/mol. The molecular formula is C13H25NO5. The van der Waals surface area contributed by atoms with Crippen molar-refractivity contribution >= 4 is 12.1 Å². The van der Waals surface area contributed by atoms with Crippen LogP contribution in [0.4, 0.5) is 4.79 Å². The van der Waals surface area contributed by atoms with Crippen molar-refractivity contribution in [2.24, 2.45) is 5.41 Å². The molecule has 6 heteroatoms. The molecule has 0 fully saturated rings. The third-order valence-corrected chi connectivity index (χ3v) is 2.68. The largest absolute Gasteiger partial charge is 0.481 e. The molecule has 1 unspecified atom stereocenters. The number of ether oxygens (including phenoxy) is 2. The summed E-state index contributed by atoms with van der Waals surface area (Å²) in [5.74, 6) is -0.987. The molecule has 0 aromatic carbocycles. The highest BCUT2D eigenvalue weighted by atomic mass is 16.6. The van der Waals surface area contributed by atoms with E-state index < -0.39 is 23.1 Å². The molecule has 0 aliphatic rings. The lowest BCUT2D eigenvalue weighted by Crippen LogP contribution is -2.47. The van der Waals surface area contributed by atoms with Crippen molar-refractivity contribution in [2.45, 2.75) is 46.6 Å². The van der Waals surface area contributed by atoms with E-state index in [0.717, 1.165) is 0 Å². The van der Waals surface area contributed by atoms with Crippen LogP contribution < -0.4 is 5.32 Å². The van der Waals surface area contributed by atoms with Gasteiger partial charge in [0.15, 0.2) is 0 Å². The molecule has 0 radical (unpaired) electrons. The summed E-state index contributed by atoms with van der Waals surface area (Å²) in [4.78, 5) is 22.9. The molecule has 6 nitrogen and oxygen atoms in total. The average Bonchev–Trinajstić information content (AvgIpc) is 2.27. The van der Waals surface area contributed by atoms with Gasteiger partial charge in [-0.15, -0.1) is 0 Å². The molecule has 0 aromatic rings. The number of carboxylic acid groups (broad SMARTS) is 1. The molecule has 0 bridgehead atoms. The molecule has 112 valence electrons. The van der Waals surface area contributed by atoms with Gasteiger partial charge in [0.05, 0.1) is 6.61 Å². The Labute approximate surface area is 114 Å². The molecule has 0 spiro atoms. The number of rotatable bonds is 7. The molecule has 0 saturated carbocycles. The van der Waals surface area contributed by atoms with E-state index in [9.17, 15) is 14.7 Å². The predicted molar refractivity (Wildman–Crippen MR) is 71.1 cm³/mol. The van der Waals surface area contributed by atoms with E-state index in [-0.39, 0.29) is 13.2 Å². The van der Waals surface area contributed by atoms with Gasteiger partial charge >= 0.3 is 12.1 Å². The predicted octanol–water partition coefficient (Wildman–Crippen LogP) is 2.03. The first-order chi connectivity index (χ1) is 8.67. The standard InChI is InChI=1S/C13H25NO5/c1-6-13(10(15)16,9-18-7-2)8-14-11(17)19-12(3,4)5/h6-9H2,1-5H3,(H,14,17)(H,15,16). The van der Waals surface area contributed by atoms with Crippen molar-refractivity contribution in [1.82, 2.24) is 5.32 Å². The zero-order valence-electron chi connectivity index (χ0n) is 12.4. The molecule has 1 atom stereocenters. The fraction of sp³-hybridized carbons (Fsp3) is 0.846. The Morgan fingerprint density at radius 1 is 1.21 bits per heavy atom. The quantitative estimate of drug-likeness (QED) is 0.742. The van der Waals surface area contributed by atoms with Gasteiger partial charge in [-0.3, -0.25) is 4.79 Å². The van der Waals surface area contributed by atoms with Gasteiger partial charge in [0, 0.05) is 13.2 Å². The number of nitrogens with one attached hydrogen (secondary N) is 1. The van der Waals surface area contributed by atoms with Gasteiger partial charge in [0.2, 0.25) is 0 Å². The van der Waals surface area contributed by atoms with E-state index >= 15 is 0 Å². The van der Waals surface area contributed by atoms with Crippen molar-refractivity contribution in [3.05, 3.63) is 0 Å². The van der Waals surface area contributed by atoms with Crippen molar-refractivity contribution < 1.29 is 24.2 Å². The summed E-state index contributed by atoms with van der Waals surface area (Å²) >= 11 is 0. The minimum Gasteiger partial charge on any atom is -0.481 e. The molecule has 0 aliphatic heterocycles. The Hall–Kier alpha value is -1.30. The first-order valence-electron chi connectivity index (χ1n) is 6.45. The Morgan fingerprint density at radius 3 is 2.16 bits per heavy atom. The van der Waals surface area contributed by atoms with Crippen LogP contribution in [0.2, 0.25) is 0 Å². The van der Waals surface area contributed by atoms with Crippen molar-refractivity contribution in [2.75, 3.05) is 19.8 Å². The zero-order chi connectivity index (χ0) is 15.1. The Bertz CT molecular complexity index is 311. The lowest BCUT2D eigenvalue weighted by atomic mass is 9.86. The summed E-state index contributed by atoms with van der Waals surface area (Å²) in [5, 5.41) is 11.8. The number of carbonyl (C=O) groups excluding carboxylic acids is 1. The highest BCUT2D eigenvalue weighted by Crippen LogP contribution is 2.22. The minimum absolute atomic E-state index is 0.0201. The number of alkyl carbamates (subject to hydrolysis) is 1. The smallest absolute Gasteiger partial charge is 0.407 e. The van der Waals surface area contributed by atoms with Crippen molar-refractivity contribution in [3.8, 4) is 0 Å². The maximum absolute atomic E-state index is 11.6. The van der Waals surface area contributed by atoms with Gasteiger partial charge in [-0.05, 0) is 34.1 Å². The fourth-order valence-electron chi connectivity index (χ4n) is 1.42. The maximum atomic E-state index is 11.6. The molecule has 0 heterocycles. The Morgan fingerprint density at radius 2 is 1.79 bits per heavy atom. The second-order valence-electron chi connectivity index (χ2n) is 5.43. The first kappa shape index (κ1) is 17.7. The fourth-order valence-corrected chi connectivity index (χ4v) is 1.42. The highest BCUT2D eigenvalue weighted by molar-refractivity contribution is 5.76. The molecule has 0 aromatic heterocycles. The summed E-state index contributed by atoms with van der Waals surface area (Å²) in [6.45, 7) is 9.26. The van der Waals surface area contributed by atoms with E-state index in [2.05, 4.69) is 5.32 Å². The van der Waals surface area contributed by atoms with Crippen molar-refractivity contribution in [3.63, 3.8) is 0 Å². The van der Waals surface area contributed by atoms with Crippen LogP contribution in [0.5, 0.6) is 0 Å². The van der Waals surface area contributed by atoms with Crippen LogP contribution in [0.3, 0.4) is 0 Å². The molecule has 19 heavy (non-hydrogen) atoms. The summed E-state index contributed by atoms with van der Waals surface area (Å²) in [7, 11) is 0. The SMILES string of the molecule is CCOCC(CC)(CNC(=O)OC(C)(C)C)C(=O)O. The molecule has 0 saturated heterocycles. The normalized spacial score (nSPS) is 14.6.